The molecule has 0 bridgehead atoms. The van der Waals surface area contributed by atoms with Crippen molar-refractivity contribution in [2.75, 3.05) is 10.6 Å². The van der Waals surface area contributed by atoms with Crippen LogP contribution in [0.4, 0.5) is 23.1 Å². The number of nitrogens with zero attached hydrogens (tertiary/aromatic N) is 3. The van der Waals surface area contributed by atoms with E-state index in [0.29, 0.717) is 17.5 Å². The fraction of sp³-hybridized carbons (Fsp3) is 0.0500. The van der Waals surface area contributed by atoms with Crippen molar-refractivity contribution in [3.8, 4) is 11.5 Å². The number of rotatable bonds is 6. The largest absolute Gasteiger partial charge is 0.457 e. The van der Waals surface area contributed by atoms with Gasteiger partial charge < -0.3 is 15.4 Å². The maximum Gasteiger partial charge on any atom is 0.153 e. The van der Waals surface area contributed by atoms with E-state index in [1.54, 1.807) is 12.4 Å². The number of para-hydroxylation sites is 1. The lowest BCUT2D eigenvalue weighted by molar-refractivity contribution is 0.483. The number of benzene rings is 2. The maximum atomic E-state index is 5.80. The van der Waals surface area contributed by atoms with Crippen molar-refractivity contribution in [1.29, 1.82) is 0 Å². The van der Waals surface area contributed by atoms with E-state index in [0.717, 1.165) is 22.9 Å². The van der Waals surface area contributed by atoms with Crippen LogP contribution in [-0.2, 0) is 0 Å². The van der Waals surface area contributed by atoms with Crippen LogP contribution in [-0.4, -0.2) is 20.2 Å². The van der Waals surface area contributed by atoms with Crippen LogP contribution in [0.3, 0.4) is 0 Å². The molecule has 0 unspecified atom stereocenters. The third-order valence-corrected chi connectivity index (χ3v) is 3.70. The Labute approximate surface area is 156 Å². The highest BCUT2D eigenvalue weighted by Crippen LogP contribution is 2.24. The van der Waals surface area contributed by atoms with Crippen molar-refractivity contribution < 1.29 is 4.74 Å². The number of hydrogen-bond acceptors (Lipinski definition) is 6. The van der Waals surface area contributed by atoms with Crippen LogP contribution >= 0.6 is 0 Å². The molecule has 0 atom stereocenters. The van der Waals surface area contributed by atoms with E-state index in [1.165, 1.54) is 0 Å². The first-order valence-electron chi connectivity index (χ1n) is 8.46. The standard InChI is InChI=1S/C20H18N6O/c1-14-11-18(26-25-14)23-20-13-21-12-19(24-20)22-15-7-9-17(10-8-15)27-16-5-3-2-4-6-16/h2-13H,1H3,(H3,22,23,24,25,26). The lowest BCUT2D eigenvalue weighted by Gasteiger charge is -2.09. The molecule has 27 heavy (non-hydrogen) atoms. The first kappa shape index (κ1) is 16.6. The summed E-state index contributed by atoms with van der Waals surface area (Å²) in [7, 11) is 0. The molecular weight excluding hydrogens is 340 g/mol. The first-order chi connectivity index (χ1) is 13.2. The summed E-state index contributed by atoms with van der Waals surface area (Å²) in [6.07, 6.45) is 3.31. The Kier molecular flexibility index (Phi) is 4.65. The van der Waals surface area contributed by atoms with Crippen LogP contribution < -0.4 is 15.4 Å². The van der Waals surface area contributed by atoms with Crippen molar-refractivity contribution in [3.63, 3.8) is 0 Å². The van der Waals surface area contributed by atoms with E-state index in [2.05, 4.69) is 30.8 Å². The predicted octanol–water partition coefficient (Wildman–Crippen LogP) is 4.79. The molecule has 0 fully saturated rings. The Morgan fingerprint density at radius 3 is 2.22 bits per heavy atom. The number of anilines is 4. The zero-order valence-electron chi connectivity index (χ0n) is 14.7. The Hall–Kier alpha value is -3.87. The van der Waals surface area contributed by atoms with E-state index in [1.807, 2.05) is 67.6 Å². The second-order valence-corrected chi connectivity index (χ2v) is 5.92. The van der Waals surface area contributed by atoms with Gasteiger partial charge in [0.05, 0.1) is 12.4 Å². The molecule has 0 saturated heterocycles. The molecule has 0 amide bonds. The van der Waals surface area contributed by atoms with Crippen LogP contribution in [0.15, 0.2) is 73.1 Å². The SMILES string of the molecule is Cc1cc(Nc2cncc(Nc3ccc(Oc4ccccc4)cc3)n2)n[nH]1. The van der Waals surface area contributed by atoms with E-state index in [-0.39, 0.29) is 0 Å². The first-order valence-corrected chi connectivity index (χ1v) is 8.46. The fourth-order valence-electron chi connectivity index (χ4n) is 2.48. The number of aryl methyl sites for hydroxylation is 1. The molecule has 2 aromatic heterocycles. The Morgan fingerprint density at radius 2 is 1.52 bits per heavy atom. The van der Waals surface area contributed by atoms with Crippen molar-refractivity contribution in [2.45, 2.75) is 6.92 Å². The van der Waals surface area contributed by atoms with E-state index in [9.17, 15) is 0 Å². The maximum absolute atomic E-state index is 5.80. The average Bonchev–Trinajstić information content (AvgIpc) is 3.09. The normalized spacial score (nSPS) is 10.4. The van der Waals surface area contributed by atoms with Crippen molar-refractivity contribution >= 4 is 23.1 Å². The molecule has 3 N–H and O–H groups in total. The minimum absolute atomic E-state index is 0.607. The molecule has 2 heterocycles. The second-order valence-electron chi connectivity index (χ2n) is 5.92. The van der Waals surface area contributed by atoms with Gasteiger partial charge in [0.2, 0.25) is 0 Å². The number of nitrogens with one attached hydrogen (secondary N) is 3. The van der Waals surface area contributed by atoms with Gasteiger partial charge in [-0.05, 0) is 43.3 Å². The zero-order chi connectivity index (χ0) is 18.5. The summed E-state index contributed by atoms with van der Waals surface area (Å²) in [5.74, 6) is 3.50. The van der Waals surface area contributed by atoms with Gasteiger partial charge in [-0.15, -0.1) is 0 Å². The van der Waals surface area contributed by atoms with Crippen molar-refractivity contribution in [2.24, 2.45) is 0 Å². The van der Waals surface area contributed by atoms with Crippen LogP contribution in [0, 0.1) is 6.92 Å². The van der Waals surface area contributed by atoms with Crippen LogP contribution in [0.5, 0.6) is 11.5 Å². The van der Waals surface area contributed by atoms with Gasteiger partial charge in [-0.3, -0.25) is 10.1 Å². The van der Waals surface area contributed by atoms with E-state index < -0.39 is 0 Å². The summed E-state index contributed by atoms with van der Waals surface area (Å²) >= 11 is 0. The van der Waals surface area contributed by atoms with Crippen molar-refractivity contribution in [1.82, 2.24) is 20.2 Å². The molecule has 0 radical (unpaired) electrons. The van der Waals surface area contributed by atoms with Gasteiger partial charge >= 0.3 is 0 Å². The minimum Gasteiger partial charge on any atom is -0.457 e. The summed E-state index contributed by atoms with van der Waals surface area (Å²) in [5.41, 5.74) is 1.86. The summed E-state index contributed by atoms with van der Waals surface area (Å²) in [5, 5.41) is 13.3. The lowest BCUT2D eigenvalue weighted by Crippen LogP contribution is -1.99. The van der Waals surface area contributed by atoms with E-state index in [4.69, 9.17) is 4.74 Å². The summed E-state index contributed by atoms with van der Waals surface area (Å²) in [6.45, 7) is 1.94. The Bertz CT molecular complexity index is 1010. The van der Waals surface area contributed by atoms with Gasteiger partial charge in [-0.2, -0.15) is 5.10 Å². The summed E-state index contributed by atoms with van der Waals surface area (Å²) < 4.78 is 5.80. The molecule has 0 spiro atoms. The molecule has 4 aromatic rings. The fourth-order valence-corrected chi connectivity index (χ4v) is 2.48. The number of ether oxygens (including phenoxy) is 1. The van der Waals surface area contributed by atoms with Crippen molar-refractivity contribution in [3.05, 3.63) is 78.8 Å². The molecule has 0 saturated carbocycles. The van der Waals surface area contributed by atoms with Crippen LogP contribution in [0.25, 0.3) is 0 Å². The zero-order valence-corrected chi connectivity index (χ0v) is 14.7. The number of aromatic amines is 1. The third kappa shape index (κ3) is 4.40. The minimum atomic E-state index is 0.607. The monoisotopic (exact) mass is 358 g/mol. The third-order valence-electron chi connectivity index (χ3n) is 3.70. The molecule has 7 heteroatoms. The topological polar surface area (TPSA) is 87.8 Å². The molecule has 0 aliphatic rings. The highest BCUT2D eigenvalue weighted by molar-refractivity contribution is 5.59. The van der Waals surface area contributed by atoms with Gasteiger partial charge in [0.25, 0.3) is 0 Å². The average molecular weight is 358 g/mol. The molecular formula is C20H18N6O. The Morgan fingerprint density at radius 1 is 0.815 bits per heavy atom. The van der Waals surface area contributed by atoms with Gasteiger partial charge in [-0.1, -0.05) is 18.2 Å². The molecule has 4 rings (SSSR count). The van der Waals surface area contributed by atoms with Crippen LogP contribution in [0.2, 0.25) is 0 Å². The highest BCUT2D eigenvalue weighted by atomic mass is 16.5. The van der Waals surface area contributed by atoms with E-state index >= 15 is 0 Å². The predicted molar refractivity (Wildman–Crippen MR) is 105 cm³/mol. The van der Waals surface area contributed by atoms with Gasteiger partial charge in [-0.25, -0.2) is 4.98 Å². The number of H-pyrrole nitrogens is 1. The summed E-state index contributed by atoms with van der Waals surface area (Å²) in [6, 6.07) is 19.2. The highest BCUT2D eigenvalue weighted by Gasteiger charge is 2.03. The van der Waals surface area contributed by atoms with Crippen LogP contribution in [0.1, 0.15) is 5.69 Å². The van der Waals surface area contributed by atoms with Gasteiger partial charge in [0.15, 0.2) is 17.5 Å². The molecule has 7 nitrogen and oxygen atoms in total. The summed E-state index contributed by atoms with van der Waals surface area (Å²) in [4.78, 5) is 8.70. The number of aromatic nitrogens is 4. The second kappa shape index (κ2) is 7.57. The number of hydrogen-bond donors (Lipinski definition) is 3. The van der Waals surface area contributed by atoms with Gasteiger partial charge in [0.1, 0.15) is 11.5 Å². The lowest BCUT2D eigenvalue weighted by atomic mass is 10.3. The molecule has 0 aliphatic heterocycles. The quantitative estimate of drug-likeness (QED) is 0.459. The van der Waals surface area contributed by atoms with Gasteiger partial charge in [0, 0.05) is 17.4 Å². The Balaban J connectivity index is 1.42. The molecule has 0 aliphatic carbocycles. The smallest absolute Gasteiger partial charge is 0.153 e. The molecule has 2 aromatic carbocycles. The molecule has 134 valence electrons.